The molecule has 1 amide bonds. The van der Waals surface area contributed by atoms with Crippen molar-refractivity contribution in [2.75, 3.05) is 5.32 Å². The average Bonchev–Trinajstić information content (AvgIpc) is 3.25. The number of carbonyl (C=O) groups is 1. The Kier molecular flexibility index (Phi) is 5.54. The lowest BCUT2D eigenvalue weighted by molar-refractivity contribution is -0.703. The van der Waals surface area contributed by atoms with Gasteiger partial charge in [-0.25, -0.2) is 0 Å². The summed E-state index contributed by atoms with van der Waals surface area (Å²) in [5.41, 5.74) is 3.80. The van der Waals surface area contributed by atoms with E-state index in [0.717, 1.165) is 17.1 Å². The molecule has 136 valence electrons. The van der Waals surface area contributed by atoms with E-state index in [1.54, 1.807) is 16.0 Å². The minimum absolute atomic E-state index is 0.0123. The molecule has 0 saturated carbocycles. The number of nitrogens with two attached hydrogens (primary N) is 1. The molecule has 2 aromatic heterocycles. The fraction of sp³-hybridized carbons (Fsp3) is 0.300. The van der Waals surface area contributed by atoms with Gasteiger partial charge in [0.2, 0.25) is 0 Å². The monoisotopic (exact) mass is 369 g/mol. The summed E-state index contributed by atoms with van der Waals surface area (Å²) in [7, 11) is 1.88. The van der Waals surface area contributed by atoms with Crippen LogP contribution in [-0.4, -0.2) is 21.7 Å². The summed E-state index contributed by atoms with van der Waals surface area (Å²) >= 11 is 1.72. The molecule has 0 aliphatic heterocycles. The van der Waals surface area contributed by atoms with Crippen LogP contribution in [0.15, 0.2) is 47.8 Å². The van der Waals surface area contributed by atoms with Crippen molar-refractivity contribution in [1.29, 1.82) is 0 Å². The summed E-state index contributed by atoms with van der Waals surface area (Å²) in [5.74, 6) is -0.0123. The molecule has 26 heavy (non-hydrogen) atoms. The predicted octanol–water partition coefficient (Wildman–Crippen LogP) is 2.78. The van der Waals surface area contributed by atoms with Gasteiger partial charge >= 0.3 is 0 Å². The third-order valence-electron chi connectivity index (χ3n) is 4.66. The van der Waals surface area contributed by atoms with Crippen molar-refractivity contribution in [2.24, 2.45) is 7.05 Å². The van der Waals surface area contributed by atoms with E-state index < -0.39 is 0 Å². The minimum Gasteiger partial charge on any atom is -0.326 e. The van der Waals surface area contributed by atoms with Gasteiger partial charge in [0.25, 0.3) is 5.91 Å². The average molecular weight is 370 g/mol. The van der Waals surface area contributed by atoms with E-state index >= 15 is 0 Å². The van der Waals surface area contributed by atoms with Crippen LogP contribution in [0.4, 0.5) is 5.69 Å². The molecule has 0 unspecified atom stereocenters. The fourth-order valence-electron chi connectivity index (χ4n) is 3.07. The van der Waals surface area contributed by atoms with Crippen molar-refractivity contribution in [3.63, 3.8) is 0 Å². The van der Waals surface area contributed by atoms with Gasteiger partial charge in [-0.1, -0.05) is 36.4 Å². The van der Waals surface area contributed by atoms with E-state index in [1.165, 1.54) is 10.4 Å². The second kappa shape index (κ2) is 7.85. The third-order valence-corrected chi connectivity index (χ3v) is 5.62. The molecule has 6 heteroatoms. The molecule has 3 N–H and O–H groups in total. The Morgan fingerprint density at radius 3 is 2.50 bits per heavy atom. The lowest BCUT2D eigenvalue weighted by atomic mass is 10.0. The molecule has 3 rings (SSSR count). The maximum Gasteiger partial charge on any atom is 0.282 e. The summed E-state index contributed by atoms with van der Waals surface area (Å²) in [6.07, 6.45) is 0. The Bertz CT molecular complexity index is 871. The number of nitrogens with one attached hydrogen (secondary N) is 1. The van der Waals surface area contributed by atoms with Crippen LogP contribution in [0, 0.1) is 13.8 Å². The van der Waals surface area contributed by atoms with E-state index in [9.17, 15) is 4.79 Å². The number of nitrogens with zero attached hydrogens (tertiary/aromatic N) is 2. The molecule has 1 aromatic carbocycles. The largest absolute Gasteiger partial charge is 0.326 e. The van der Waals surface area contributed by atoms with Crippen LogP contribution >= 0.6 is 11.3 Å². The Labute approximate surface area is 158 Å². The molecule has 0 fully saturated rings. The maximum atomic E-state index is 12.8. The van der Waals surface area contributed by atoms with Crippen LogP contribution in [-0.2, 0) is 11.8 Å². The van der Waals surface area contributed by atoms with Gasteiger partial charge in [0.05, 0.1) is 22.0 Å². The standard InChI is InChI=1S/C20H24N4OS/c1-13-18(15(3)24(4)23-13)22-20(25)14(2)21-19(17-11-8-12-26-17)16-9-6-5-7-10-16/h5-12,14,19,21H,1-4H3,(H,22,25)/p+1/t14-,19-/m0/s1. The molecule has 5 nitrogen and oxygen atoms in total. The highest BCUT2D eigenvalue weighted by Crippen LogP contribution is 2.23. The number of quaternary nitrogens is 1. The highest BCUT2D eigenvalue weighted by atomic mass is 32.1. The van der Waals surface area contributed by atoms with Crippen molar-refractivity contribution < 1.29 is 10.1 Å². The summed E-state index contributed by atoms with van der Waals surface area (Å²) in [6, 6.07) is 14.4. The quantitative estimate of drug-likeness (QED) is 0.702. The molecular formula is C20H25N4OS+. The number of benzene rings is 1. The van der Waals surface area contributed by atoms with Crippen LogP contribution in [0.2, 0.25) is 0 Å². The normalized spacial score (nSPS) is 13.4. The number of rotatable bonds is 6. The third kappa shape index (κ3) is 3.86. The zero-order chi connectivity index (χ0) is 18.7. The summed E-state index contributed by atoms with van der Waals surface area (Å²) < 4.78 is 1.79. The van der Waals surface area contributed by atoms with Crippen LogP contribution in [0.5, 0.6) is 0 Å². The maximum absolute atomic E-state index is 12.8. The number of aryl methyl sites for hydroxylation is 2. The lowest BCUT2D eigenvalue weighted by Crippen LogP contribution is -2.92. The fourth-order valence-corrected chi connectivity index (χ4v) is 3.90. The number of carbonyl (C=O) groups excluding carboxylic acids is 1. The number of hydrogen-bond acceptors (Lipinski definition) is 3. The zero-order valence-electron chi connectivity index (χ0n) is 15.6. The Hall–Kier alpha value is -2.44. The predicted molar refractivity (Wildman–Crippen MR) is 105 cm³/mol. The van der Waals surface area contributed by atoms with Crippen molar-refractivity contribution in [3.05, 3.63) is 69.7 Å². The van der Waals surface area contributed by atoms with Crippen LogP contribution in [0.25, 0.3) is 0 Å². The van der Waals surface area contributed by atoms with E-state index in [0.29, 0.717) is 0 Å². The van der Waals surface area contributed by atoms with E-state index in [4.69, 9.17) is 0 Å². The summed E-state index contributed by atoms with van der Waals surface area (Å²) in [6.45, 7) is 5.82. The first-order valence-corrected chi connectivity index (χ1v) is 9.59. The first-order valence-electron chi connectivity index (χ1n) is 8.71. The number of aromatic nitrogens is 2. The number of anilines is 1. The van der Waals surface area contributed by atoms with E-state index in [1.807, 2.05) is 46.0 Å². The SMILES string of the molecule is Cc1nn(C)c(C)c1NC(=O)[C@H](C)[NH2+][C@@H](c1ccccc1)c1cccs1. The van der Waals surface area contributed by atoms with Crippen molar-refractivity contribution >= 4 is 22.9 Å². The molecule has 0 bridgehead atoms. The van der Waals surface area contributed by atoms with Gasteiger partial charge < -0.3 is 10.6 Å². The van der Waals surface area contributed by atoms with Gasteiger partial charge in [-0.05, 0) is 32.2 Å². The van der Waals surface area contributed by atoms with Gasteiger partial charge in [-0.15, -0.1) is 11.3 Å². The Balaban J connectivity index is 1.77. The number of amides is 1. The van der Waals surface area contributed by atoms with Crippen LogP contribution in [0.1, 0.15) is 34.8 Å². The zero-order valence-corrected chi connectivity index (χ0v) is 16.4. The van der Waals surface area contributed by atoms with E-state index in [-0.39, 0.29) is 18.0 Å². The number of thiophene rings is 1. The lowest BCUT2D eigenvalue weighted by Gasteiger charge is -2.19. The minimum atomic E-state index is -0.235. The molecule has 0 aliphatic carbocycles. The van der Waals surface area contributed by atoms with Gasteiger partial charge in [0, 0.05) is 12.6 Å². The Morgan fingerprint density at radius 1 is 1.19 bits per heavy atom. The van der Waals surface area contributed by atoms with Crippen LogP contribution in [0.3, 0.4) is 0 Å². The van der Waals surface area contributed by atoms with Gasteiger partial charge in [-0.3, -0.25) is 9.48 Å². The van der Waals surface area contributed by atoms with Crippen molar-refractivity contribution in [3.8, 4) is 0 Å². The molecule has 0 spiro atoms. The number of hydrogen-bond donors (Lipinski definition) is 2. The van der Waals surface area contributed by atoms with Crippen LogP contribution < -0.4 is 10.6 Å². The topological polar surface area (TPSA) is 63.5 Å². The molecule has 3 aromatic rings. The van der Waals surface area contributed by atoms with Gasteiger partial charge in [0.15, 0.2) is 6.04 Å². The van der Waals surface area contributed by atoms with Crippen molar-refractivity contribution in [1.82, 2.24) is 9.78 Å². The molecule has 0 radical (unpaired) electrons. The second-order valence-corrected chi connectivity index (χ2v) is 7.52. The van der Waals surface area contributed by atoms with Crippen molar-refractivity contribution in [2.45, 2.75) is 32.9 Å². The Morgan fingerprint density at radius 2 is 1.92 bits per heavy atom. The summed E-state index contributed by atoms with van der Waals surface area (Å²) in [4.78, 5) is 14.0. The highest BCUT2D eigenvalue weighted by Gasteiger charge is 2.26. The molecule has 0 aliphatic rings. The highest BCUT2D eigenvalue weighted by molar-refractivity contribution is 7.10. The van der Waals surface area contributed by atoms with E-state index in [2.05, 4.69) is 45.4 Å². The molecule has 2 atom stereocenters. The summed E-state index contributed by atoms with van der Waals surface area (Å²) in [5, 5.41) is 11.6. The first-order chi connectivity index (χ1) is 12.5. The first kappa shape index (κ1) is 18.4. The molecule has 2 heterocycles. The second-order valence-electron chi connectivity index (χ2n) is 6.54. The van der Waals surface area contributed by atoms with Gasteiger partial charge in [-0.2, -0.15) is 5.10 Å². The molecular weight excluding hydrogens is 344 g/mol. The molecule has 0 saturated heterocycles. The smallest absolute Gasteiger partial charge is 0.282 e. The van der Waals surface area contributed by atoms with Gasteiger partial charge in [0.1, 0.15) is 6.04 Å².